The van der Waals surface area contributed by atoms with E-state index in [1.54, 1.807) is 6.20 Å². The SMILES string of the molecule is O=C(c1cccc(Cn2cccn2)c1)N1CCc2ccccc2C1. The highest BCUT2D eigenvalue weighted by Crippen LogP contribution is 2.20. The van der Waals surface area contributed by atoms with Crippen molar-refractivity contribution in [2.75, 3.05) is 6.54 Å². The third kappa shape index (κ3) is 2.95. The lowest BCUT2D eigenvalue weighted by atomic mass is 9.99. The van der Waals surface area contributed by atoms with E-state index < -0.39 is 0 Å². The lowest BCUT2D eigenvalue weighted by Crippen LogP contribution is -2.35. The number of carbonyl (C=O) groups is 1. The lowest BCUT2D eigenvalue weighted by molar-refractivity contribution is 0.0734. The molecule has 0 unspecified atom stereocenters. The predicted octanol–water partition coefficient (Wildman–Crippen LogP) is 3.13. The largest absolute Gasteiger partial charge is 0.334 e. The lowest BCUT2D eigenvalue weighted by Gasteiger charge is -2.29. The standard InChI is InChI=1S/C20H19N3O/c24-20(22-12-9-17-6-1-2-7-19(17)15-22)18-8-3-5-16(13-18)14-23-11-4-10-21-23/h1-8,10-11,13H,9,12,14-15H2. The summed E-state index contributed by atoms with van der Waals surface area (Å²) in [5, 5.41) is 4.22. The number of benzene rings is 2. The van der Waals surface area contributed by atoms with Gasteiger partial charge in [-0.3, -0.25) is 9.48 Å². The van der Waals surface area contributed by atoms with Crippen LogP contribution >= 0.6 is 0 Å². The van der Waals surface area contributed by atoms with Gasteiger partial charge in [-0.2, -0.15) is 5.10 Å². The highest BCUT2D eigenvalue weighted by Gasteiger charge is 2.21. The molecule has 120 valence electrons. The Morgan fingerprint density at radius 2 is 1.92 bits per heavy atom. The van der Waals surface area contributed by atoms with E-state index in [1.165, 1.54) is 11.1 Å². The highest BCUT2D eigenvalue weighted by atomic mass is 16.2. The molecule has 4 nitrogen and oxygen atoms in total. The Kier molecular flexibility index (Phi) is 3.87. The fourth-order valence-electron chi connectivity index (χ4n) is 3.24. The number of hydrogen-bond donors (Lipinski definition) is 0. The van der Waals surface area contributed by atoms with Gasteiger partial charge < -0.3 is 4.90 Å². The molecule has 0 atom stereocenters. The van der Waals surface area contributed by atoms with Gasteiger partial charge in [-0.25, -0.2) is 0 Å². The van der Waals surface area contributed by atoms with Gasteiger partial charge >= 0.3 is 0 Å². The van der Waals surface area contributed by atoms with Gasteiger partial charge in [0.1, 0.15) is 0 Å². The average molecular weight is 317 g/mol. The van der Waals surface area contributed by atoms with E-state index >= 15 is 0 Å². The monoisotopic (exact) mass is 317 g/mol. The smallest absolute Gasteiger partial charge is 0.254 e. The van der Waals surface area contributed by atoms with Gasteiger partial charge in [0.25, 0.3) is 5.91 Å². The molecule has 0 aliphatic carbocycles. The van der Waals surface area contributed by atoms with Gasteiger partial charge in [0, 0.05) is 31.0 Å². The maximum absolute atomic E-state index is 12.9. The zero-order valence-electron chi connectivity index (χ0n) is 13.4. The first-order valence-corrected chi connectivity index (χ1v) is 8.22. The van der Waals surface area contributed by atoms with E-state index in [4.69, 9.17) is 0 Å². The van der Waals surface area contributed by atoms with Crippen LogP contribution in [0.2, 0.25) is 0 Å². The summed E-state index contributed by atoms with van der Waals surface area (Å²) in [5.74, 6) is 0.104. The number of aromatic nitrogens is 2. The number of hydrogen-bond acceptors (Lipinski definition) is 2. The summed E-state index contributed by atoms with van der Waals surface area (Å²) in [5.41, 5.74) is 4.44. The van der Waals surface area contributed by atoms with Gasteiger partial charge in [0.2, 0.25) is 0 Å². The van der Waals surface area contributed by atoms with E-state index in [0.29, 0.717) is 13.1 Å². The first-order valence-electron chi connectivity index (χ1n) is 8.22. The third-order valence-electron chi connectivity index (χ3n) is 4.50. The molecule has 2 heterocycles. The molecule has 0 saturated heterocycles. The van der Waals surface area contributed by atoms with Crippen LogP contribution in [0.4, 0.5) is 0 Å². The van der Waals surface area contributed by atoms with Gasteiger partial charge in [0.15, 0.2) is 0 Å². The molecule has 0 N–H and O–H groups in total. The Balaban J connectivity index is 1.53. The van der Waals surface area contributed by atoms with Gasteiger partial charge in [-0.05, 0) is 41.3 Å². The summed E-state index contributed by atoms with van der Waals surface area (Å²) in [4.78, 5) is 14.8. The van der Waals surface area contributed by atoms with Crippen LogP contribution in [0.5, 0.6) is 0 Å². The Morgan fingerprint density at radius 1 is 1.04 bits per heavy atom. The van der Waals surface area contributed by atoms with Crippen molar-refractivity contribution in [3.05, 3.63) is 89.2 Å². The zero-order chi connectivity index (χ0) is 16.4. The molecule has 1 amide bonds. The second-order valence-corrected chi connectivity index (χ2v) is 6.15. The number of nitrogens with zero attached hydrogens (tertiary/aromatic N) is 3. The van der Waals surface area contributed by atoms with Crippen LogP contribution in [0.25, 0.3) is 0 Å². The van der Waals surface area contributed by atoms with Crippen molar-refractivity contribution in [3.8, 4) is 0 Å². The molecule has 0 bridgehead atoms. The first kappa shape index (κ1) is 14.7. The molecule has 0 fully saturated rings. The van der Waals surface area contributed by atoms with Crippen LogP contribution in [0, 0.1) is 0 Å². The van der Waals surface area contributed by atoms with E-state index in [1.807, 2.05) is 52.2 Å². The molecule has 4 rings (SSSR count). The molecule has 1 aliphatic rings. The molecule has 0 spiro atoms. The van der Waals surface area contributed by atoms with E-state index in [2.05, 4.69) is 23.3 Å². The highest BCUT2D eigenvalue weighted by molar-refractivity contribution is 5.94. The molecule has 24 heavy (non-hydrogen) atoms. The van der Waals surface area contributed by atoms with Crippen LogP contribution in [-0.4, -0.2) is 27.1 Å². The van der Waals surface area contributed by atoms with Gasteiger partial charge in [0.05, 0.1) is 6.54 Å². The molecule has 2 aromatic carbocycles. The van der Waals surface area contributed by atoms with Gasteiger partial charge in [-0.15, -0.1) is 0 Å². The minimum absolute atomic E-state index is 0.104. The molecule has 0 saturated carbocycles. The van der Waals surface area contributed by atoms with E-state index in [9.17, 15) is 4.79 Å². The Morgan fingerprint density at radius 3 is 2.75 bits per heavy atom. The van der Waals surface area contributed by atoms with Crippen molar-refractivity contribution in [1.29, 1.82) is 0 Å². The van der Waals surface area contributed by atoms with Crippen LogP contribution in [0.1, 0.15) is 27.0 Å². The van der Waals surface area contributed by atoms with Crippen molar-refractivity contribution >= 4 is 5.91 Å². The van der Waals surface area contributed by atoms with Gasteiger partial charge in [-0.1, -0.05) is 36.4 Å². The van der Waals surface area contributed by atoms with E-state index in [0.717, 1.165) is 24.1 Å². The molecule has 4 heteroatoms. The predicted molar refractivity (Wildman–Crippen MR) is 92.7 cm³/mol. The maximum atomic E-state index is 12.9. The Labute approximate surface area is 141 Å². The average Bonchev–Trinajstić information content (AvgIpc) is 3.14. The molecule has 1 aliphatic heterocycles. The number of fused-ring (bicyclic) bond motifs is 1. The first-order chi connectivity index (χ1) is 11.8. The summed E-state index contributed by atoms with van der Waals surface area (Å²) >= 11 is 0. The normalized spacial score (nSPS) is 13.6. The molecule has 0 radical (unpaired) electrons. The summed E-state index contributed by atoms with van der Waals surface area (Å²) in [6, 6.07) is 18.1. The number of amides is 1. The van der Waals surface area contributed by atoms with Crippen molar-refractivity contribution in [1.82, 2.24) is 14.7 Å². The van der Waals surface area contributed by atoms with Crippen molar-refractivity contribution in [2.24, 2.45) is 0 Å². The molecule has 1 aromatic heterocycles. The van der Waals surface area contributed by atoms with Crippen LogP contribution in [0.15, 0.2) is 67.0 Å². The quantitative estimate of drug-likeness (QED) is 0.744. The van der Waals surface area contributed by atoms with Crippen molar-refractivity contribution in [2.45, 2.75) is 19.5 Å². The molecular weight excluding hydrogens is 298 g/mol. The maximum Gasteiger partial charge on any atom is 0.254 e. The molecule has 3 aromatic rings. The van der Waals surface area contributed by atoms with E-state index in [-0.39, 0.29) is 5.91 Å². The topological polar surface area (TPSA) is 38.1 Å². The summed E-state index contributed by atoms with van der Waals surface area (Å²) < 4.78 is 1.86. The zero-order valence-corrected chi connectivity index (χ0v) is 13.4. The second-order valence-electron chi connectivity index (χ2n) is 6.15. The summed E-state index contributed by atoms with van der Waals surface area (Å²) in [7, 11) is 0. The fourth-order valence-corrected chi connectivity index (χ4v) is 3.24. The number of rotatable bonds is 3. The van der Waals surface area contributed by atoms with Crippen molar-refractivity contribution < 1.29 is 4.79 Å². The summed E-state index contributed by atoms with van der Waals surface area (Å²) in [6.07, 6.45) is 4.62. The minimum atomic E-state index is 0.104. The van der Waals surface area contributed by atoms with Crippen molar-refractivity contribution in [3.63, 3.8) is 0 Å². The second kappa shape index (κ2) is 6.32. The fraction of sp³-hybridized carbons (Fsp3) is 0.200. The van der Waals surface area contributed by atoms with Crippen LogP contribution < -0.4 is 0 Å². The van der Waals surface area contributed by atoms with Crippen LogP contribution in [0.3, 0.4) is 0 Å². The van der Waals surface area contributed by atoms with Crippen LogP contribution in [-0.2, 0) is 19.5 Å². The minimum Gasteiger partial charge on any atom is -0.334 e. The molecular formula is C20H19N3O. The number of carbonyl (C=O) groups excluding carboxylic acids is 1. The third-order valence-corrected chi connectivity index (χ3v) is 4.50. The Hall–Kier alpha value is -2.88. The Bertz CT molecular complexity index is 855. The summed E-state index contributed by atoms with van der Waals surface area (Å²) in [6.45, 7) is 2.15.